The lowest BCUT2D eigenvalue weighted by Crippen LogP contribution is -1.67. The van der Waals surface area contributed by atoms with E-state index in [0.717, 1.165) is 5.75 Å². The molecule has 0 bridgehead atoms. The van der Waals surface area contributed by atoms with Crippen molar-refractivity contribution in [3.63, 3.8) is 0 Å². The Balaban J connectivity index is 2.46. The van der Waals surface area contributed by atoms with Crippen molar-refractivity contribution in [2.45, 2.75) is 0 Å². The molecule has 0 N–H and O–H groups in total. The van der Waals surface area contributed by atoms with Gasteiger partial charge in [-0.1, -0.05) is 18.2 Å². The lowest BCUT2D eigenvalue weighted by Gasteiger charge is -1.88. The predicted octanol–water partition coefficient (Wildman–Crippen LogP) is 1.80. The van der Waals surface area contributed by atoms with Crippen LogP contribution < -0.4 is 0 Å². The number of hydrogen-bond donors (Lipinski definition) is 0. The molecule has 0 aromatic carbocycles. The molecule has 0 fully saturated rings. The summed E-state index contributed by atoms with van der Waals surface area (Å²) in [6.07, 6.45) is 6.26. The molecule has 0 nitrogen and oxygen atoms in total. The van der Waals surface area contributed by atoms with Gasteiger partial charge in [0.15, 0.2) is 0 Å². The van der Waals surface area contributed by atoms with Gasteiger partial charge in [0, 0.05) is 5.75 Å². The van der Waals surface area contributed by atoms with Crippen molar-refractivity contribution in [1.82, 2.24) is 0 Å². The Kier molecular flexibility index (Phi) is 1.39. The van der Waals surface area contributed by atoms with Crippen LogP contribution in [0.25, 0.3) is 0 Å². The maximum atomic E-state index is 2.14. The van der Waals surface area contributed by atoms with E-state index in [1.165, 1.54) is 0 Å². The second kappa shape index (κ2) is 2.08. The van der Waals surface area contributed by atoms with Crippen LogP contribution in [0.1, 0.15) is 0 Å². The molecule has 1 heterocycles. The van der Waals surface area contributed by atoms with Gasteiger partial charge in [-0.3, -0.25) is 0 Å². The number of hydrogen-bond acceptors (Lipinski definition) is 1. The SMILES string of the molecule is C1=CCSC=C1. The fourth-order valence-corrected chi connectivity index (χ4v) is 0.881. The van der Waals surface area contributed by atoms with Gasteiger partial charge in [-0.05, 0) is 5.41 Å². The maximum Gasteiger partial charge on any atom is 0.0157 e. The van der Waals surface area contributed by atoms with Crippen LogP contribution in [0.5, 0.6) is 0 Å². The molecule has 1 rings (SSSR count). The van der Waals surface area contributed by atoms with Gasteiger partial charge >= 0.3 is 0 Å². The molecule has 0 saturated heterocycles. The van der Waals surface area contributed by atoms with Gasteiger partial charge in [-0.25, -0.2) is 0 Å². The Bertz CT molecular complexity index is 69.9. The fraction of sp³-hybridized carbons (Fsp3) is 0.200. The van der Waals surface area contributed by atoms with Gasteiger partial charge in [0.1, 0.15) is 0 Å². The largest absolute Gasteiger partial charge is 0.130 e. The quantitative estimate of drug-likeness (QED) is 0.445. The van der Waals surface area contributed by atoms with E-state index < -0.39 is 0 Å². The Hall–Kier alpha value is -0.170. The molecule has 1 heteroatoms. The summed E-state index contributed by atoms with van der Waals surface area (Å²) < 4.78 is 0. The normalized spacial score (nSPS) is 18.7. The summed E-state index contributed by atoms with van der Waals surface area (Å²) in [7, 11) is 0. The van der Waals surface area contributed by atoms with E-state index in [-0.39, 0.29) is 0 Å². The molecular formula is C5H6S. The zero-order valence-electron chi connectivity index (χ0n) is 3.42. The van der Waals surface area contributed by atoms with Gasteiger partial charge in [-0.2, -0.15) is 0 Å². The molecule has 0 unspecified atom stereocenters. The van der Waals surface area contributed by atoms with Crippen LogP contribution in [0.2, 0.25) is 0 Å². The van der Waals surface area contributed by atoms with Crippen molar-refractivity contribution in [2.24, 2.45) is 0 Å². The van der Waals surface area contributed by atoms with Crippen LogP contribution in [-0.4, -0.2) is 5.75 Å². The third-order valence-corrected chi connectivity index (χ3v) is 1.35. The van der Waals surface area contributed by atoms with E-state index in [1.807, 2.05) is 17.8 Å². The van der Waals surface area contributed by atoms with E-state index in [0.29, 0.717) is 0 Å². The van der Waals surface area contributed by atoms with E-state index in [2.05, 4.69) is 17.6 Å². The zero-order chi connectivity index (χ0) is 4.24. The highest BCUT2D eigenvalue weighted by Gasteiger charge is 1.77. The minimum absolute atomic E-state index is 1.15. The van der Waals surface area contributed by atoms with E-state index in [1.54, 1.807) is 0 Å². The first-order valence-electron chi connectivity index (χ1n) is 1.93. The Labute approximate surface area is 41.9 Å². The second-order valence-corrected chi connectivity index (χ2v) is 2.03. The van der Waals surface area contributed by atoms with E-state index in [4.69, 9.17) is 0 Å². The molecule has 6 heavy (non-hydrogen) atoms. The lowest BCUT2D eigenvalue weighted by molar-refractivity contribution is 1.74. The maximum absolute atomic E-state index is 2.14. The first-order chi connectivity index (χ1) is 3.00. The Morgan fingerprint density at radius 2 is 2.33 bits per heavy atom. The first-order valence-corrected chi connectivity index (χ1v) is 2.98. The molecule has 1 aliphatic rings. The summed E-state index contributed by atoms with van der Waals surface area (Å²) in [6, 6.07) is 0. The smallest absolute Gasteiger partial charge is 0.0157 e. The summed E-state index contributed by atoms with van der Waals surface area (Å²) in [5.74, 6) is 1.15. The van der Waals surface area contributed by atoms with Crippen LogP contribution in [0.4, 0.5) is 0 Å². The van der Waals surface area contributed by atoms with Crippen molar-refractivity contribution in [3.8, 4) is 0 Å². The summed E-state index contributed by atoms with van der Waals surface area (Å²) in [6.45, 7) is 0. The molecule has 32 valence electrons. The van der Waals surface area contributed by atoms with Gasteiger partial charge in [-0.15, -0.1) is 11.8 Å². The van der Waals surface area contributed by atoms with Crippen LogP contribution in [-0.2, 0) is 0 Å². The fourth-order valence-electron chi connectivity index (χ4n) is 0.346. The highest BCUT2D eigenvalue weighted by molar-refractivity contribution is 8.02. The highest BCUT2D eigenvalue weighted by atomic mass is 32.2. The molecule has 0 aliphatic carbocycles. The Morgan fingerprint density at radius 1 is 1.33 bits per heavy atom. The van der Waals surface area contributed by atoms with Gasteiger partial charge in [0.05, 0.1) is 0 Å². The molecule has 1 aliphatic heterocycles. The second-order valence-electron chi connectivity index (χ2n) is 1.09. The molecule has 0 aromatic heterocycles. The average molecular weight is 98.2 g/mol. The molecule has 0 amide bonds. The Morgan fingerprint density at radius 3 is 2.50 bits per heavy atom. The van der Waals surface area contributed by atoms with Crippen molar-refractivity contribution in [2.75, 3.05) is 5.75 Å². The number of allylic oxidation sites excluding steroid dienone is 2. The molecule has 0 aromatic rings. The molecule has 0 radical (unpaired) electrons. The molecular weight excluding hydrogens is 92.1 g/mol. The number of thioether (sulfide) groups is 1. The highest BCUT2D eigenvalue weighted by Crippen LogP contribution is 2.05. The van der Waals surface area contributed by atoms with Crippen molar-refractivity contribution >= 4 is 11.8 Å². The van der Waals surface area contributed by atoms with Crippen molar-refractivity contribution < 1.29 is 0 Å². The van der Waals surface area contributed by atoms with Gasteiger partial charge in [0.2, 0.25) is 0 Å². The predicted molar refractivity (Wildman–Crippen MR) is 30.7 cm³/mol. The molecule has 0 spiro atoms. The number of rotatable bonds is 0. The van der Waals surface area contributed by atoms with E-state index in [9.17, 15) is 0 Å². The monoisotopic (exact) mass is 98.0 g/mol. The van der Waals surface area contributed by atoms with Crippen LogP contribution in [0.15, 0.2) is 23.6 Å². The van der Waals surface area contributed by atoms with E-state index >= 15 is 0 Å². The summed E-state index contributed by atoms with van der Waals surface area (Å²) in [4.78, 5) is 0. The van der Waals surface area contributed by atoms with Crippen LogP contribution >= 0.6 is 11.8 Å². The summed E-state index contributed by atoms with van der Waals surface area (Å²) in [5.41, 5.74) is 0. The molecule has 0 saturated carbocycles. The van der Waals surface area contributed by atoms with Crippen molar-refractivity contribution in [3.05, 3.63) is 23.6 Å². The van der Waals surface area contributed by atoms with Crippen molar-refractivity contribution in [1.29, 1.82) is 0 Å². The average Bonchev–Trinajstić information content (AvgIpc) is 1.72. The zero-order valence-corrected chi connectivity index (χ0v) is 4.24. The lowest BCUT2D eigenvalue weighted by atomic mass is 10.5. The standard InChI is InChI=1S/C5H6S/c1-2-4-6-5-3-1/h1-4H,5H2. The topological polar surface area (TPSA) is 0 Å². The van der Waals surface area contributed by atoms with Crippen LogP contribution in [0, 0.1) is 0 Å². The van der Waals surface area contributed by atoms with Crippen LogP contribution in [0.3, 0.4) is 0 Å². The third-order valence-electron chi connectivity index (χ3n) is 0.614. The minimum Gasteiger partial charge on any atom is -0.130 e. The third kappa shape index (κ3) is 0.902. The summed E-state index contributed by atoms with van der Waals surface area (Å²) >= 11 is 1.83. The van der Waals surface area contributed by atoms with Gasteiger partial charge < -0.3 is 0 Å². The first kappa shape index (κ1) is 4.00. The minimum atomic E-state index is 1.15. The molecule has 0 atom stereocenters. The summed E-state index contributed by atoms with van der Waals surface area (Å²) in [5, 5.41) is 2.10. The van der Waals surface area contributed by atoms with Gasteiger partial charge in [0.25, 0.3) is 0 Å².